The van der Waals surface area contributed by atoms with Gasteiger partial charge in [0.2, 0.25) is 0 Å². The Hall–Kier alpha value is -1.84. The molecule has 0 atom stereocenters. The highest BCUT2D eigenvalue weighted by Gasteiger charge is 2.20. The lowest BCUT2D eigenvalue weighted by molar-refractivity contribution is -0.270. The Kier molecular flexibility index (Phi) is 7.79. The minimum Gasteiger partial charge on any atom is -0.530 e. The molecule has 0 saturated heterocycles. The zero-order valence-corrected chi connectivity index (χ0v) is 14.5. The average molecular weight is 318 g/mol. The summed E-state index contributed by atoms with van der Waals surface area (Å²) in [4.78, 5) is 24.3. The molecule has 23 heavy (non-hydrogen) atoms. The number of benzene rings is 1. The van der Waals surface area contributed by atoms with Crippen LogP contribution in [-0.2, 0) is 11.2 Å². The van der Waals surface area contributed by atoms with Crippen LogP contribution in [0.4, 0.5) is 4.79 Å². The van der Waals surface area contributed by atoms with Gasteiger partial charge >= 0.3 is 0 Å². The zero-order chi connectivity index (χ0) is 17.3. The van der Waals surface area contributed by atoms with Crippen LogP contribution >= 0.6 is 0 Å². The SMILES string of the molecule is CC(C)(C)N(CCCCCCC(=O)Cc1ccccc1)C(=O)[O-]. The van der Waals surface area contributed by atoms with E-state index in [1.807, 2.05) is 51.1 Å². The van der Waals surface area contributed by atoms with Gasteiger partial charge in [-0.05, 0) is 39.2 Å². The van der Waals surface area contributed by atoms with Crippen LogP contribution in [0.15, 0.2) is 30.3 Å². The van der Waals surface area contributed by atoms with Gasteiger partial charge in [-0.2, -0.15) is 0 Å². The largest absolute Gasteiger partial charge is 0.530 e. The van der Waals surface area contributed by atoms with E-state index in [2.05, 4.69) is 0 Å². The van der Waals surface area contributed by atoms with Crippen molar-refractivity contribution in [3.8, 4) is 0 Å². The van der Waals surface area contributed by atoms with E-state index in [9.17, 15) is 14.7 Å². The van der Waals surface area contributed by atoms with E-state index < -0.39 is 11.6 Å². The lowest BCUT2D eigenvalue weighted by Crippen LogP contribution is -2.51. The maximum atomic E-state index is 11.9. The maximum absolute atomic E-state index is 11.9. The number of nitrogens with zero attached hydrogens (tertiary/aromatic N) is 1. The predicted octanol–water partition coefficient (Wildman–Crippen LogP) is 3.19. The minimum atomic E-state index is -1.12. The van der Waals surface area contributed by atoms with Crippen LogP contribution in [0.5, 0.6) is 0 Å². The van der Waals surface area contributed by atoms with Crippen molar-refractivity contribution in [3.05, 3.63) is 35.9 Å². The Morgan fingerprint density at radius 1 is 1.00 bits per heavy atom. The molecule has 0 saturated carbocycles. The van der Waals surface area contributed by atoms with Crippen molar-refractivity contribution in [3.63, 3.8) is 0 Å². The number of rotatable bonds is 9. The number of hydrogen-bond acceptors (Lipinski definition) is 3. The molecule has 128 valence electrons. The first kappa shape index (κ1) is 19.2. The number of Topliss-reactive ketones (excluding diaryl/α,β-unsaturated/α-hetero) is 1. The van der Waals surface area contributed by atoms with Gasteiger partial charge in [0, 0.05) is 24.9 Å². The fourth-order valence-corrected chi connectivity index (χ4v) is 2.56. The van der Waals surface area contributed by atoms with E-state index in [1.165, 1.54) is 4.90 Å². The van der Waals surface area contributed by atoms with Gasteiger partial charge in [-0.1, -0.05) is 43.2 Å². The maximum Gasteiger partial charge on any atom is 0.137 e. The standard InChI is InChI=1S/C19H29NO3/c1-19(2,3)20(18(22)23)14-10-5-4-9-13-17(21)15-16-11-7-6-8-12-16/h6-8,11-12H,4-5,9-10,13-15H2,1-3H3,(H,22,23)/p-1. The van der Waals surface area contributed by atoms with Gasteiger partial charge in [0.1, 0.15) is 11.9 Å². The molecule has 1 rings (SSSR count). The number of carbonyl (C=O) groups excluding carboxylic acids is 2. The van der Waals surface area contributed by atoms with Gasteiger partial charge in [-0.3, -0.25) is 4.79 Å². The summed E-state index contributed by atoms with van der Waals surface area (Å²) in [5.74, 6) is 0.266. The topological polar surface area (TPSA) is 60.4 Å². The van der Waals surface area contributed by atoms with E-state index in [0.29, 0.717) is 19.4 Å². The molecule has 4 nitrogen and oxygen atoms in total. The van der Waals surface area contributed by atoms with Crippen molar-refractivity contribution < 1.29 is 14.7 Å². The molecular weight excluding hydrogens is 290 g/mol. The number of hydrogen-bond donors (Lipinski definition) is 0. The zero-order valence-electron chi connectivity index (χ0n) is 14.5. The number of carbonyl (C=O) groups is 2. The highest BCUT2D eigenvalue weighted by Crippen LogP contribution is 2.15. The highest BCUT2D eigenvalue weighted by molar-refractivity contribution is 5.80. The van der Waals surface area contributed by atoms with Gasteiger partial charge < -0.3 is 14.8 Å². The third kappa shape index (κ3) is 7.82. The van der Waals surface area contributed by atoms with Crippen molar-refractivity contribution in [2.45, 2.75) is 64.8 Å². The van der Waals surface area contributed by atoms with E-state index in [4.69, 9.17) is 0 Å². The van der Waals surface area contributed by atoms with Crippen LogP contribution in [0.2, 0.25) is 0 Å². The van der Waals surface area contributed by atoms with Gasteiger partial charge in [-0.15, -0.1) is 0 Å². The predicted molar refractivity (Wildman–Crippen MR) is 90.1 cm³/mol. The number of carboxylic acid groups (broad SMARTS) is 1. The Balaban J connectivity index is 2.15. The molecule has 0 heterocycles. The second-order valence-corrected chi connectivity index (χ2v) is 6.95. The van der Waals surface area contributed by atoms with Crippen molar-refractivity contribution in [1.82, 2.24) is 4.90 Å². The molecule has 0 aliphatic carbocycles. The Labute approximate surface area is 139 Å². The highest BCUT2D eigenvalue weighted by atomic mass is 16.4. The van der Waals surface area contributed by atoms with Gasteiger partial charge in [0.25, 0.3) is 0 Å². The van der Waals surface area contributed by atoms with Crippen molar-refractivity contribution in [2.75, 3.05) is 6.54 Å². The summed E-state index contributed by atoms with van der Waals surface area (Å²) in [6, 6.07) is 9.78. The molecule has 1 aromatic carbocycles. The summed E-state index contributed by atoms with van der Waals surface area (Å²) in [6.45, 7) is 6.09. The first-order chi connectivity index (χ1) is 10.8. The molecule has 0 unspecified atom stereocenters. The molecule has 0 aliphatic rings. The van der Waals surface area contributed by atoms with E-state index in [0.717, 1.165) is 31.2 Å². The minimum absolute atomic E-state index is 0.266. The van der Waals surface area contributed by atoms with Crippen molar-refractivity contribution >= 4 is 11.9 Å². The number of ketones is 1. The number of unbranched alkanes of at least 4 members (excludes halogenated alkanes) is 3. The summed E-state index contributed by atoms with van der Waals surface area (Å²) in [5, 5.41) is 11.1. The molecule has 0 aromatic heterocycles. The molecule has 1 aromatic rings. The normalized spacial score (nSPS) is 11.3. The summed E-state index contributed by atoms with van der Waals surface area (Å²) >= 11 is 0. The summed E-state index contributed by atoms with van der Waals surface area (Å²) < 4.78 is 0. The van der Waals surface area contributed by atoms with Crippen LogP contribution in [0.25, 0.3) is 0 Å². The molecule has 0 spiro atoms. The third-order valence-corrected chi connectivity index (χ3v) is 3.86. The molecule has 1 amide bonds. The van der Waals surface area contributed by atoms with E-state index in [-0.39, 0.29) is 5.78 Å². The first-order valence-electron chi connectivity index (χ1n) is 8.35. The second kappa shape index (κ2) is 9.33. The molecule has 0 fully saturated rings. The van der Waals surface area contributed by atoms with Crippen LogP contribution in [0, 0.1) is 0 Å². The van der Waals surface area contributed by atoms with E-state index in [1.54, 1.807) is 0 Å². The van der Waals surface area contributed by atoms with Crippen LogP contribution < -0.4 is 5.11 Å². The first-order valence-corrected chi connectivity index (χ1v) is 8.35. The number of amides is 1. The van der Waals surface area contributed by atoms with Gasteiger partial charge in [0.05, 0.1) is 0 Å². The third-order valence-electron chi connectivity index (χ3n) is 3.86. The molecule has 0 aliphatic heterocycles. The van der Waals surface area contributed by atoms with Crippen molar-refractivity contribution in [1.29, 1.82) is 0 Å². The van der Waals surface area contributed by atoms with Crippen molar-refractivity contribution in [2.24, 2.45) is 0 Å². The van der Waals surface area contributed by atoms with Crippen LogP contribution in [-0.4, -0.2) is 28.9 Å². The fraction of sp³-hybridized carbons (Fsp3) is 0.579. The van der Waals surface area contributed by atoms with Gasteiger partial charge in [0.15, 0.2) is 0 Å². The summed E-state index contributed by atoms with van der Waals surface area (Å²) in [6.07, 6.45) is 3.53. The Morgan fingerprint density at radius 2 is 1.61 bits per heavy atom. The lowest BCUT2D eigenvalue weighted by Gasteiger charge is -2.38. The van der Waals surface area contributed by atoms with Gasteiger partial charge in [-0.25, -0.2) is 0 Å². The fourth-order valence-electron chi connectivity index (χ4n) is 2.56. The molecule has 0 N–H and O–H groups in total. The van der Waals surface area contributed by atoms with Crippen LogP contribution in [0.3, 0.4) is 0 Å². The molecular formula is C19H28NO3-. The smallest absolute Gasteiger partial charge is 0.137 e. The summed E-state index contributed by atoms with van der Waals surface area (Å²) in [5.41, 5.74) is 0.636. The molecule has 4 heteroatoms. The average Bonchev–Trinajstić information content (AvgIpc) is 2.45. The quantitative estimate of drug-likeness (QED) is 0.657. The van der Waals surface area contributed by atoms with E-state index >= 15 is 0 Å². The Morgan fingerprint density at radius 3 is 2.17 bits per heavy atom. The lowest BCUT2D eigenvalue weighted by atomic mass is 10.0. The monoisotopic (exact) mass is 318 g/mol. The van der Waals surface area contributed by atoms with Crippen LogP contribution in [0.1, 0.15) is 58.4 Å². The molecule has 0 radical (unpaired) electrons. The Bertz CT molecular complexity index is 491. The summed E-state index contributed by atoms with van der Waals surface area (Å²) in [7, 11) is 0. The molecule has 0 bridgehead atoms. The second-order valence-electron chi connectivity index (χ2n) is 6.95.